The van der Waals surface area contributed by atoms with E-state index in [2.05, 4.69) is 5.32 Å². The molecule has 0 aliphatic carbocycles. The lowest BCUT2D eigenvalue weighted by molar-refractivity contribution is -0.234. The number of hydrogen-bond donors (Lipinski definition) is 2. The van der Waals surface area contributed by atoms with Crippen molar-refractivity contribution in [3.05, 3.63) is 82.1 Å². The number of amides is 1. The van der Waals surface area contributed by atoms with Crippen LogP contribution in [0.4, 0.5) is 26.3 Å². The van der Waals surface area contributed by atoms with Gasteiger partial charge in [-0.25, -0.2) is 4.79 Å². The van der Waals surface area contributed by atoms with Crippen LogP contribution in [0, 0.1) is 5.41 Å². The van der Waals surface area contributed by atoms with Crippen molar-refractivity contribution in [1.82, 2.24) is 14.8 Å². The van der Waals surface area contributed by atoms with Gasteiger partial charge in [-0.05, 0) is 66.7 Å². The Morgan fingerprint density at radius 1 is 0.920 bits per heavy atom. The van der Waals surface area contributed by atoms with Gasteiger partial charge in [0.25, 0.3) is 5.56 Å². The minimum absolute atomic E-state index is 0.00951. The van der Waals surface area contributed by atoms with Gasteiger partial charge in [0, 0.05) is 38.1 Å². The van der Waals surface area contributed by atoms with Gasteiger partial charge >= 0.3 is 18.3 Å². The molecule has 2 N–H and O–H groups in total. The Bertz CT molecular complexity index is 1990. The molecule has 1 atom stereocenters. The fourth-order valence-corrected chi connectivity index (χ4v) is 7.49. The van der Waals surface area contributed by atoms with Crippen LogP contribution in [0.15, 0.2) is 65.5 Å². The number of aryl methyl sites for hydroxylation is 1. The van der Waals surface area contributed by atoms with Crippen molar-refractivity contribution >= 4 is 33.6 Å². The van der Waals surface area contributed by atoms with Gasteiger partial charge in [0.1, 0.15) is 11.5 Å². The van der Waals surface area contributed by atoms with Gasteiger partial charge < -0.3 is 24.6 Å². The number of para-hydroxylation sites is 1. The molecular weight excluding hydrogens is 668 g/mol. The summed E-state index contributed by atoms with van der Waals surface area (Å²) >= 11 is 0. The number of carboxylic acid groups (broad SMARTS) is 1. The number of aromatic nitrogens is 1. The van der Waals surface area contributed by atoms with Gasteiger partial charge in [-0.3, -0.25) is 9.59 Å². The van der Waals surface area contributed by atoms with E-state index in [4.69, 9.17) is 4.74 Å². The van der Waals surface area contributed by atoms with E-state index in [0.29, 0.717) is 26.1 Å². The van der Waals surface area contributed by atoms with E-state index in [-0.39, 0.29) is 51.9 Å². The zero-order chi connectivity index (χ0) is 36.0. The number of carboxylic acids is 1. The summed E-state index contributed by atoms with van der Waals surface area (Å²) in [4.78, 5) is 41.4. The number of carbonyl (C=O) groups is 2. The first-order valence-electron chi connectivity index (χ1n) is 16.3. The first-order valence-corrected chi connectivity index (χ1v) is 16.3. The summed E-state index contributed by atoms with van der Waals surface area (Å²) in [6.07, 6.45) is -10.1. The minimum atomic E-state index is -4.95. The molecule has 0 bridgehead atoms. The maximum Gasteiger partial charge on any atom is 0.417 e. The number of fused-ring (bicyclic) bond motifs is 2. The van der Waals surface area contributed by atoms with E-state index in [1.54, 1.807) is 0 Å². The van der Waals surface area contributed by atoms with E-state index < -0.39 is 71.6 Å². The zero-order valence-corrected chi connectivity index (χ0v) is 27.0. The number of rotatable bonds is 7. The molecule has 2 aliphatic rings. The second-order valence-corrected chi connectivity index (χ2v) is 13.0. The molecule has 2 fully saturated rings. The second-order valence-electron chi connectivity index (χ2n) is 13.0. The molecule has 3 heterocycles. The van der Waals surface area contributed by atoms with Crippen LogP contribution in [0.1, 0.15) is 36.8 Å². The van der Waals surface area contributed by atoms with Crippen molar-refractivity contribution in [1.29, 1.82) is 0 Å². The van der Waals surface area contributed by atoms with Gasteiger partial charge in [0.15, 0.2) is 0 Å². The molecule has 14 heteroatoms. The number of hydrogen-bond acceptors (Lipinski definition) is 5. The first-order chi connectivity index (χ1) is 23.6. The number of likely N-dealkylation sites (tertiary alicyclic amines) is 1. The van der Waals surface area contributed by atoms with Gasteiger partial charge in [0.05, 0.1) is 16.6 Å². The number of pyridine rings is 1. The molecule has 4 aromatic rings. The maximum atomic E-state index is 14.7. The van der Waals surface area contributed by atoms with Gasteiger partial charge in [-0.2, -0.15) is 26.3 Å². The molecule has 2 saturated heterocycles. The highest BCUT2D eigenvalue weighted by molar-refractivity contribution is 6.02. The van der Waals surface area contributed by atoms with E-state index in [1.807, 2.05) is 4.90 Å². The van der Waals surface area contributed by atoms with Crippen LogP contribution in [-0.4, -0.2) is 71.0 Å². The Balaban J connectivity index is 1.35. The molecular formula is C36H35F6N3O5. The SMILES string of the molecule is Cn1c(=O)c(-c2cccc3c(C[C@H](NC(=O)C4(C(F)(F)F)CCN(C5CCOCC5)CC4)C(=O)O)cccc23)c(C(F)(F)F)c2ccccc21. The topological polar surface area (TPSA) is 101 Å². The van der Waals surface area contributed by atoms with Gasteiger partial charge in [-0.1, -0.05) is 54.6 Å². The molecule has 6 rings (SSSR count). The average molecular weight is 704 g/mol. The van der Waals surface area contributed by atoms with Crippen LogP contribution in [0.2, 0.25) is 0 Å². The predicted molar refractivity (Wildman–Crippen MR) is 174 cm³/mol. The number of aliphatic carboxylic acids is 1. The van der Waals surface area contributed by atoms with Gasteiger partial charge in [0.2, 0.25) is 5.91 Å². The Hall–Kier alpha value is -4.43. The zero-order valence-electron chi connectivity index (χ0n) is 27.0. The van der Waals surface area contributed by atoms with Crippen molar-refractivity contribution < 1.29 is 45.8 Å². The highest BCUT2D eigenvalue weighted by Crippen LogP contribution is 2.47. The molecule has 0 saturated carbocycles. The molecule has 1 amide bonds. The lowest BCUT2D eigenvalue weighted by Gasteiger charge is -2.45. The Kier molecular flexibility index (Phi) is 9.46. The van der Waals surface area contributed by atoms with Crippen LogP contribution >= 0.6 is 0 Å². The standard InChI is InChI=1S/C36H35F6N3O5/c1-44-28-11-3-2-7-26(28)30(35(37,38)39)29(31(44)46)25-10-5-8-23-21(6-4-9-24(23)25)20-27(32(47)48)43-33(49)34(36(40,41)42)14-16-45(17-15-34)22-12-18-50-19-13-22/h2-11,22,27H,12-20H2,1H3,(H,43,49)(H,47,48)/t27-/m0/s1. The fraction of sp³-hybridized carbons (Fsp3) is 0.417. The third-order valence-electron chi connectivity index (χ3n) is 10.2. The number of halogens is 6. The van der Waals surface area contributed by atoms with Crippen molar-refractivity contribution in [2.75, 3.05) is 26.3 Å². The second kappa shape index (κ2) is 13.4. The van der Waals surface area contributed by atoms with Crippen LogP contribution < -0.4 is 10.9 Å². The minimum Gasteiger partial charge on any atom is -0.480 e. The lowest BCUT2D eigenvalue weighted by Crippen LogP contribution is -2.60. The molecule has 266 valence electrons. The molecule has 8 nitrogen and oxygen atoms in total. The highest BCUT2D eigenvalue weighted by Gasteiger charge is 2.61. The average Bonchev–Trinajstić information content (AvgIpc) is 3.08. The van der Waals surface area contributed by atoms with Crippen molar-refractivity contribution in [3.8, 4) is 11.1 Å². The fourth-order valence-electron chi connectivity index (χ4n) is 7.49. The van der Waals surface area contributed by atoms with Crippen molar-refractivity contribution in [2.24, 2.45) is 12.5 Å². The Labute approximate surface area is 282 Å². The van der Waals surface area contributed by atoms with E-state index in [9.17, 15) is 45.8 Å². The van der Waals surface area contributed by atoms with Crippen LogP contribution in [0.5, 0.6) is 0 Å². The molecule has 0 radical (unpaired) electrons. The lowest BCUT2D eigenvalue weighted by atomic mass is 9.75. The molecule has 1 aromatic heterocycles. The molecule has 2 aliphatic heterocycles. The number of benzene rings is 3. The number of alkyl halides is 6. The summed E-state index contributed by atoms with van der Waals surface area (Å²) in [6.45, 7) is 1.03. The van der Waals surface area contributed by atoms with E-state index >= 15 is 0 Å². The molecule has 0 unspecified atom stereocenters. The highest BCUT2D eigenvalue weighted by atomic mass is 19.4. The van der Waals surface area contributed by atoms with Crippen LogP contribution in [0.3, 0.4) is 0 Å². The van der Waals surface area contributed by atoms with Crippen LogP contribution in [-0.2, 0) is 34.0 Å². The maximum absolute atomic E-state index is 14.7. The van der Waals surface area contributed by atoms with Crippen molar-refractivity contribution in [2.45, 2.75) is 56.5 Å². The smallest absolute Gasteiger partial charge is 0.417 e. The number of nitrogens with one attached hydrogen (secondary N) is 1. The summed E-state index contributed by atoms with van der Waals surface area (Å²) in [5.41, 5.74) is -5.12. The quantitative estimate of drug-likeness (QED) is 0.219. The van der Waals surface area contributed by atoms with Gasteiger partial charge in [-0.15, -0.1) is 0 Å². The summed E-state index contributed by atoms with van der Waals surface area (Å²) in [5.74, 6) is -3.01. The molecule has 50 heavy (non-hydrogen) atoms. The summed E-state index contributed by atoms with van der Waals surface area (Å²) in [7, 11) is 1.37. The number of carbonyl (C=O) groups excluding carboxylic acids is 1. The number of piperidine rings is 1. The Morgan fingerprint density at radius 2 is 1.54 bits per heavy atom. The third-order valence-corrected chi connectivity index (χ3v) is 10.2. The normalized spacial score (nSPS) is 18.3. The summed E-state index contributed by atoms with van der Waals surface area (Å²) < 4.78 is 94.4. The Morgan fingerprint density at radius 3 is 2.18 bits per heavy atom. The molecule has 0 spiro atoms. The third kappa shape index (κ3) is 6.34. The first kappa shape index (κ1) is 35.4. The number of nitrogens with zero attached hydrogens (tertiary/aromatic N) is 2. The van der Waals surface area contributed by atoms with E-state index in [1.165, 1.54) is 67.7 Å². The predicted octanol–water partition coefficient (Wildman–Crippen LogP) is 6.31. The monoisotopic (exact) mass is 703 g/mol. The summed E-state index contributed by atoms with van der Waals surface area (Å²) in [6, 6.07) is 12.7. The van der Waals surface area contributed by atoms with Crippen molar-refractivity contribution in [3.63, 3.8) is 0 Å². The number of ether oxygens (including phenoxy) is 1. The largest absolute Gasteiger partial charge is 0.480 e. The molecule has 3 aromatic carbocycles. The summed E-state index contributed by atoms with van der Waals surface area (Å²) in [5, 5.41) is 12.5. The van der Waals surface area contributed by atoms with E-state index in [0.717, 1.165) is 4.57 Å². The van der Waals surface area contributed by atoms with Crippen LogP contribution in [0.25, 0.3) is 32.8 Å².